The second kappa shape index (κ2) is 34.0. The summed E-state index contributed by atoms with van der Waals surface area (Å²) in [6, 6.07) is 36.9. The summed E-state index contributed by atoms with van der Waals surface area (Å²) in [5.41, 5.74) is 11.4. The fraction of sp³-hybridized carbons (Fsp3) is 0.243. The van der Waals surface area contributed by atoms with Crippen LogP contribution in [-0.2, 0) is 0 Å². The summed E-state index contributed by atoms with van der Waals surface area (Å²) in [6.07, 6.45) is 4.86. The van der Waals surface area contributed by atoms with Crippen LogP contribution in [0.25, 0.3) is 22.6 Å². The van der Waals surface area contributed by atoms with Crippen molar-refractivity contribution in [2.75, 3.05) is 0 Å². The summed E-state index contributed by atoms with van der Waals surface area (Å²) in [6.45, 7) is 12.2. The lowest BCUT2D eigenvalue weighted by molar-refractivity contribution is 0.0660. The van der Waals surface area contributed by atoms with Crippen LogP contribution >= 0.6 is 44.3 Å². The lowest BCUT2D eigenvalue weighted by Gasteiger charge is -2.14. The molecule has 2 saturated carbocycles. The highest BCUT2D eigenvalue weighted by Crippen LogP contribution is 2.42. The molecule has 98 heavy (non-hydrogen) atoms. The lowest BCUT2D eigenvalue weighted by Crippen LogP contribution is -2.26. The SMILES string of the molecule is Cc1c(F)cc([C@@H](C)N)cc1F.Cc1c(F)cc([C@@H](C)NC(=O)c2ccc(-c3cccc(C4CC4)c3)o2)cc1F.Cc1c(F)cc([C@@H](C)NC(=O)c2ccc(-c3cccc(C4CC4)c3)o2)cc1F.Cc1c(F)cc([C@@H](C)NC(=O)c2ccc(Br)o2)cc1F.Cl.O=C(O)c1ccc(Br)o1. The van der Waals surface area contributed by atoms with E-state index in [1.165, 1.54) is 131 Å². The number of aromatic carboxylic acids is 1. The van der Waals surface area contributed by atoms with Crippen molar-refractivity contribution in [3.8, 4) is 22.6 Å². The summed E-state index contributed by atoms with van der Waals surface area (Å²) < 4.78 is 130. The Kier molecular flexibility index (Phi) is 26.5. The molecule has 10 aromatic rings. The van der Waals surface area contributed by atoms with Gasteiger partial charge in [0.1, 0.15) is 58.1 Å². The molecule has 2 fully saturated rings. The van der Waals surface area contributed by atoms with Gasteiger partial charge >= 0.3 is 5.97 Å². The zero-order valence-electron chi connectivity index (χ0n) is 54.1. The molecule has 24 heteroatoms. The topological polar surface area (TPSA) is 203 Å². The quantitative estimate of drug-likeness (QED) is 0.0615. The Morgan fingerprint density at radius 2 is 0.694 bits per heavy atom. The minimum atomic E-state index is -1.05. The molecule has 0 unspecified atom stereocenters. The van der Waals surface area contributed by atoms with Gasteiger partial charge in [-0.3, -0.25) is 14.4 Å². The molecule has 4 aromatic heterocycles. The average molecular weight is 1510 g/mol. The van der Waals surface area contributed by atoms with Crippen molar-refractivity contribution in [1.82, 2.24) is 16.0 Å². The summed E-state index contributed by atoms with van der Waals surface area (Å²) in [5, 5.41) is 16.3. The number of carboxylic acid groups (broad SMARTS) is 1. The number of hydrogen-bond acceptors (Lipinski definition) is 9. The van der Waals surface area contributed by atoms with Crippen LogP contribution in [0.2, 0.25) is 0 Å². The minimum Gasteiger partial charge on any atom is -0.475 e. The van der Waals surface area contributed by atoms with E-state index in [0.717, 1.165) is 11.1 Å². The Bertz CT molecular complexity index is 4230. The van der Waals surface area contributed by atoms with Gasteiger partial charge in [0.15, 0.2) is 26.6 Å². The van der Waals surface area contributed by atoms with E-state index in [1.807, 2.05) is 24.3 Å². The van der Waals surface area contributed by atoms with E-state index >= 15 is 0 Å². The highest BCUT2D eigenvalue weighted by molar-refractivity contribution is 9.10. The number of furan rings is 4. The van der Waals surface area contributed by atoms with Gasteiger partial charge in [-0.2, -0.15) is 0 Å². The molecule has 6 aromatic carbocycles. The van der Waals surface area contributed by atoms with Crippen LogP contribution < -0.4 is 21.7 Å². The first-order chi connectivity index (χ1) is 45.9. The molecule has 4 atom stereocenters. The van der Waals surface area contributed by atoms with Crippen molar-refractivity contribution in [3.05, 3.63) is 280 Å². The molecule has 6 N–H and O–H groups in total. The molecular formula is C74H69Br2ClF8N4O9. The summed E-state index contributed by atoms with van der Waals surface area (Å²) in [4.78, 5) is 47.0. The summed E-state index contributed by atoms with van der Waals surface area (Å²) in [5.74, 6) is -4.37. The molecule has 13 nitrogen and oxygen atoms in total. The molecule has 0 saturated heterocycles. The second-order valence-electron chi connectivity index (χ2n) is 23.5. The molecule has 0 radical (unpaired) electrons. The van der Waals surface area contributed by atoms with Gasteiger partial charge < -0.3 is 44.5 Å². The van der Waals surface area contributed by atoms with E-state index in [4.69, 9.17) is 24.1 Å². The highest BCUT2D eigenvalue weighted by atomic mass is 79.9. The Hall–Kier alpha value is -9.03. The van der Waals surface area contributed by atoms with Crippen molar-refractivity contribution < 1.29 is 77.1 Å². The first kappa shape index (κ1) is 76.3. The average Bonchev–Trinajstić information content (AvgIpc) is 1.59. The van der Waals surface area contributed by atoms with Crippen LogP contribution in [0.4, 0.5) is 35.1 Å². The van der Waals surface area contributed by atoms with Crippen molar-refractivity contribution >= 4 is 68.0 Å². The van der Waals surface area contributed by atoms with Crippen LogP contribution in [0.3, 0.4) is 0 Å². The number of amides is 3. The van der Waals surface area contributed by atoms with Crippen LogP contribution in [-0.4, -0.2) is 28.8 Å². The largest absolute Gasteiger partial charge is 0.475 e. The van der Waals surface area contributed by atoms with E-state index < -0.39 is 88.4 Å². The van der Waals surface area contributed by atoms with Crippen LogP contribution in [0.1, 0.15) is 187 Å². The predicted molar refractivity (Wildman–Crippen MR) is 364 cm³/mol. The number of carboxylic acids is 1. The number of carbonyl (C=O) groups is 4. The highest BCUT2D eigenvalue weighted by Gasteiger charge is 2.27. The second-order valence-corrected chi connectivity index (χ2v) is 25.0. The molecular weight excluding hydrogens is 1440 g/mol. The van der Waals surface area contributed by atoms with Gasteiger partial charge in [-0.1, -0.05) is 36.4 Å². The van der Waals surface area contributed by atoms with E-state index in [9.17, 15) is 54.3 Å². The molecule has 12 rings (SSSR count). The normalized spacial score (nSPS) is 13.4. The molecule has 516 valence electrons. The van der Waals surface area contributed by atoms with Gasteiger partial charge in [-0.15, -0.1) is 12.4 Å². The number of rotatable bonds is 15. The van der Waals surface area contributed by atoms with Gasteiger partial charge in [-0.25, -0.2) is 39.9 Å². The standard InChI is InChI=1S/2C23H21F2NO2.C14H12BrF2NO2.C9H11F2N.C5H3BrO3.ClH/c2*1-13-19(24)11-18(12-20(13)25)14(2)26-23(27)22-9-8-21(28-22)17-5-3-4-16(10-17)15-6-7-15;1-7-10(16)5-9(6-11(7)17)8(2)18-14(19)12-3-4-13(15)20-12;1-5-8(10)3-7(6(2)12)4-9(5)11;6-4-2-1-3(9-4)5(7)8;/h2*3-5,8-12,14-15H,6-7H2,1-2H3,(H,26,27);3-6,8H,1-2H3,(H,18,19);3-4,6H,12H2,1-2H3;1-2H,(H,7,8);1H/t2*14-;8-;6-;;/m1111../s1. The van der Waals surface area contributed by atoms with E-state index in [2.05, 4.69) is 76.5 Å². The molecule has 0 aliphatic heterocycles. The van der Waals surface area contributed by atoms with Gasteiger partial charge in [0, 0.05) is 39.4 Å². The molecule has 3 amide bonds. The van der Waals surface area contributed by atoms with Crippen LogP contribution in [0, 0.1) is 74.2 Å². The maximum Gasteiger partial charge on any atom is 0.371 e. The van der Waals surface area contributed by atoms with Crippen molar-refractivity contribution in [2.24, 2.45) is 5.73 Å². The predicted octanol–water partition coefficient (Wildman–Crippen LogP) is 20.4. The van der Waals surface area contributed by atoms with E-state index in [1.54, 1.807) is 58.0 Å². The molecule has 0 spiro atoms. The number of hydrogen-bond donors (Lipinski definition) is 5. The molecule has 0 bridgehead atoms. The number of benzene rings is 6. The number of carbonyl (C=O) groups excluding carboxylic acids is 3. The third-order valence-corrected chi connectivity index (χ3v) is 16.8. The van der Waals surface area contributed by atoms with Crippen molar-refractivity contribution in [2.45, 2.75) is 117 Å². The molecule has 4 heterocycles. The Labute approximate surface area is 583 Å². The monoisotopic (exact) mass is 1500 g/mol. The molecule has 2 aliphatic carbocycles. The fourth-order valence-corrected chi connectivity index (χ4v) is 10.2. The molecule has 2 aliphatic rings. The van der Waals surface area contributed by atoms with Gasteiger partial charge in [0.25, 0.3) is 17.7 Å². The van der Waals surface area contributed by atoms with Gasteiger partial charge in [-0.05, 0) is 267 Å². The number of halogens is 11. The summed E-state index contributed by atoms with van der Waals surface area (Å²) in [7, 11) is 0. The van der Waals surface area contributed by atoms with E-state index in [0.29, 0.717) is 54.9 Å². The fourth-order valence-electron chi connectivity index (χ4n) is 9.55. The van der Waals surface area contributed by atoms with E-state index in [-0.39, 0.29) is 63.7 Å². The first-order valence-electron chi connectivity index (χ1n) is 30.6. The van der Waals surface area contributed by atoms with Crippen molar-refractivity contribution in [1.29, 1.82) is 0 Å². The Morgan fingerprint density at radius 1 is 0.418 bits per heavy atom. The van der Waals surface area contributed by atoms with Crippen molar-refractivity contribution in [3.63, 3.8) is 0 Å². The minimum absolute atomic E-state index is 0. The maximum absolute atomic E-state index is 13.8. The zero-order valence-corrected chi connectivity index (χ0v) is 58.1. The van der Waals surface area contributed by atoms with Crippen LogP contribution in [0.15, 0.2) is 173 Å². The smallest absolute Gasteiger partial charge is 0.371 e. The van der Waals surface area contributed by atoms with Gasteiger partial charge in [0.05, 0.1) is 18.1 Å². The third-order valence-electron chi connectivity index (χ3n) is 16.0. The maximum atomic E-state index is 13.8. The third kappa shape index (κ3) is 20.5. The lowest BCUT2D eigenvalue weighted by atomic mass is 10.1. The van der Waals surface area contributed by atoms with Gasteiger partial charge in [0.2, 0.25) is 5.76 Å². The van der Waals surface area contributed by atoms with Crippen LogP contribution in [0.5, 0.6) is 0 Å². The first-order valence-corrected chi connectivity index (χ1v) is 32.2. The zero-order chi connectivity index (χ0) is 70.7. The summed E-state index contributed by atoms with van der Waals surface area (Å²) >= 11 is 6.06. The Balaban J connectivity index is 0.000000181. The number of nitrogens with one attached hydrogen (secondary N) is 3. The number of nitrogens with two attached hydrogens (primary N) is 1. The Morgan fingerprint density at radius 3 is 0.949 bits per heavy atom.